The summed E-state index contributed by atoms with van der Waals surface area (Å²) < 4.78 is 13.0. The summed E-state index contributed by atoms with van der Waals surface area (Å²) in [4.78, 5) is 13.0. The molecule has 0 spiro atoms. The lowest BCUT2D eigenvalue weighted by Gasteiger charge is -2.14. The molecule has 0 bridgehead atoms. The third-order valence-electron chi connectivity index (χ3n) is 3.25. The monoisotopic (exact) mass is 287 g/mol. The van der Waals surface area contributed by atoms with Gasteiger partial charge in [-0.05, 0) is 23.8 Å². The van der Waals surface area contributed by atoms with Gasteiger partial charge in [-0.2, -0.15) is 0 Å². The highest BCUT2D eigenvalue weighted by atomic mass is 19.1. The molecule has 4 heteroatoms. The van der Waals surface area contributed by atoms with Crippen molar-refractivity contribution >= 4 is 11.6 Å². The lowest BCUT2D eigenvalue weighted by Crippen LogP contribution is -3.10. The van der Waals surface area contributed by atoms with Crippen LogP contribution in [0.4, 0.5) is 10.1 Å². The van der Waals surface area contributed by atoms with E-state index in [0.717, 1.165) is 17.9 Å². The first kappa shape index (κ1) is 15.2. The second-order valence-corrected chi connectivity index (χ2v) is 5.18. The van der Waals surface area contributed by atoms with E-state index in [9.17, 15) is 9.18 Å². The predicted octanol–water partition coefficient (Wildman–Crippen LogP) is 1.52. The van der Waals surface area contributed by atoms with Crippen LogP contribution < -0.4 is 10.2 Å². The van der Waals surface area contributed by atoms with Crippen molar-refractivity contribution in [1.82, 2.24) is 0 Å². The Morgan fingerprint density at radius 2 is 1.90 bits per heavy atom. The molecule has 0 aliphatic rings. The molecular weight excluding hydrogens is 267 g/mol. The Morgan fingerprint density at radius 1 is 1.14 bits per heavy atom. The lowest BCUT2D eigenvalue weighted by atomic mass is 10.1. The van der Waals surface area contributed by atoms with Crippen molar-refractivity contribution in [2.45, 2.75) is 6.42 Å². The van der Waals surface area contributed by atoms with Gasteiger partial charge in [0, 0.05) is 12.1 Å². The zero-order valence-electron chi connectivity index (χ0n) is 12.1. The highest BCUT2D eigenvalue weighted by Crippen LogP contribution is 2.08. The molecule has 0 saturated heterocycles. The van der Waals surface area contributed by atoms with E-state index in [1.807, 2.05) is 25.2 Å². The van der Waals surface area contributed by atoms with Gasteiger partial charge in [-0.1, -0.05) is 36.4 Å². The van der Waals surface area contributed by atoms with Crippen molar-refractivity contribution in [2.75, 3.05) is 25.5 Å². The number of carbonyl (C=O) groups excluding carboxylic acids is 1. The molecule has 0 aromatic heterocycles. The maximum absolute atomic E-state index is 13.0. The Kier molecular flexibility index (Phi) is 5.46. The SMILES string of the molecule is C[NH+](CCc1ccccc1)CC(=O)Nc1cccc(F)c1. The van der Waals surface area contributed by atoms with E-state index in [4.69, 9.17) is 0 Å². The van der Waals surface area contributed by atoms with Gasteiger partial charge in [0.15, 0.2) is 6.54 Å². The number of likely N-dealkylation sites (N-methyl/N-ethyl adjacent to an activating group) is 1. The molecule has 0 fully saturated rings. The Hall–Kier alpha value is -2.20. The standard InChI is InChI=1S/C17H19FN2O/c1-20(11-10-14-6-3-2-4-7-14)13-17(21)19-16-9-5-8-15(18)12-16/h2-9,12H,10-11,13H2,1H3,(H,19,21)/p+1. The van der Waals surface area contributed by atoms with Gasteiger partial charge in [0.2, 0.25) is 0 Å². The number of halogens is 1. The summed E-state index contributed by atoms with van der Waals surface area (Å²) >= 11 is 0. The summed E-state index contributed by atoms with van der Waals surface area (Å²) in [6.45, 7) is 1.24. The lowest BCUT2D eigenvalue weighted by molar-refractivity contribution is -0.870. The minimum absolute atomic E-state index is 0.105. The minimum atomic E-state index is -0.349. The molecule has 1 amide bonds. The highest BCUT2D eigenvalue weighted by molar-refractivity contribution is 5.91. The van der Waals surface area contributed by atoms with Crippen LogP contribution in [0, 0.1) is 5.82 Å². The van der Waals surface area contributed by atoms with E-state index in [2.05, 4.69) is 17.4 Å². The molecule has 21 heavy (non-hydrogen) atoms. The average molecular weight is 287 g/mol. The number of rotatable bonds is 6. The summed E-state index contributed by atoms with van der Waals surface area (Å²) in [7, 11) is 1.98. The van der Waals surface area contributed by atoms with Gasteiger partial charge in [-0.25, -0.2) is 4.39 Å². The van der Waals surface area contributed by atoms with Crippen molar-refractivity contribution in [1.29, 1.82) is 0 Å². The fourth-order valence-corrected chi connectivity index (χ4v) is 2.14. The quantitative estimate of drug-likeness (QED) is 0.830. The molecule has 2 aromatic carbocycles. The number of benzene rings is 2. The molecule has 1 atom stereocenters. The van der Waals surface area contributed by atoms with Crippen LogP contribution in [0.15, 0.2) is 54.6 Å². The molecular formula is C17H20FN2O+. The molecule has 0 saturated carbocycles. The van der Waals surface area contributed by atoms with Gasteiger partial charge in [-0.3, -0.25) is 4.79 Å². The largest absolute Gasteiger partial charge is 0.329 e. The summed E-state index contributed by atoms with van der Waals surface area (Å²) in [5.74, 6) is -0.455. The topological polar surface area (TPSA) is 33.5 Å². The Labute approximate surface area is 124 Å². The van der Waals surface area contributed by atoms with Crippen LogP contribution >= 0.6 is 0 Å². The second kappa shape index (κ2) is 7.55. The Morgan fingerprint density at radius 3 is 2.62 bits per heavy atom. The van der Waals surface area contributed by atoms with Gasteiger partial charge in [0.05, 0.1) is 13.6 Å². The first-order chi connectivity index (χ1) is 10.1. The van der Waals surface area contributed by atoms with E-state index in [-0.39, 0.29) is 11.7 Å². The molecule has 2 N–H and O–H groups in total. The number of nitrogens with one attached hydrogen (secondary N) is 2. The second-order valence-electron chi connectivity index (χ2n) is 5.18. The van der Waals surface area contributed by atoms with Crippen LogP contribution in [0.1, 0.15) is 5.56 Å². The Balaban J connectivity index is 1.77. The molecule has 2 aromatic rings. The van der Waals surface area contributed by atoms with E-state index in [1.165, 1.54) is 17.7 Å². The van der Waals surface area contributed by atoms with Crippen LogP contribution in [0.3, 0.4) is 0 Å². The van der Waals surface area contributed by atoms with Gasteiger partial charge < -0.3 is 10.2 Å². The molecule has 0 aliphatic carbocycles. The zero-order valence-corrected chi connectivity index (χ0v) is 12.1. The first-order valence-electron chi connectivity index (χ1n) is 7.04. The smallest absolute Gasteiger partial charge is 0.279 e. The third-order valence-corrected chi connectivity index (χ3v) is 3.25. The first-order valence-corrected chi connectivity index (χ1v) is 7.04. The van der Waals surface area contributed by atoms with Gasteiger partial charge in [-0.15, -0.1) is 0 Å². The number of hydrogen-bond acceptors (Lipinski definition) is 1. The molecule has 0 heterocycles. The average Bonchev–Trinajstić information content (AvgIpc) is 2.46. The maximum atomic E-state index is 13.0. The van der Waals surface area contributed by atoms with Crippen LogP contribution in [0.25, 0.3) is 0 Å². The van der Waals surface area contributed by atoms with Crippen LogP contribution in [-0.4, -0.2) is 26.0 Å². The minimum Gasteiger partial charge on any atom is -0.329 e. The number of amides is 1. The highest BCUT2D eigenvalue weighted by Gasteiger charge is 2.10. The zero-order chi connectivity index (χ0) is 15.1. The summed E-state index contributed by atoms with van der Waals surface area (Å²) in [6.07, 6.45) is 0.930. The third kappa shape index (κ3) is 5.36. The van der Waals surface area contributed by atoms with E-state index >= 15 is 0 Å². The number of carbonyl (C=O) groups is 1. The van der Waals surface area contributed by atoms with Crippen molar-refractivity contribution < 1.29 is 14.1 Å². The normalized spacial score (nSPS) is 11.9. The van der Waals surface area contributed by atoms with Gasteiger partial charge in [0.1, 0.15) is 5.82 Å². The van der Waals surface area contributed by atoms with Crippen molar-refractivity contribution in [3.63, 3.8) is 0 Å². The van der Waals surface area contributed by atoms with E-state index < -0.39 is 0 Å². The molecule has 0 aliphatic heterocycles. The molecule has 3 nitrogen and oxygen atoms in total. The maximum Gasteiger partial charge on any atom is 0.279 e. The van der Waals surface area contributed by atoms with E-state index in [1.54, 1.807) is 12.1 Å². The van der Waals surface area contributed by atoms with Crippen LogP contribution in [-0.2, 0) is 11.2 Å². The summed E-state index contributed by atoms with van der Waals surface area (Å²) in [5.41, 5.74) is 1.76. The number of quaternary nitrogens is 1. The number of hydrogen-bond donors (Lipinski definition) is 2. The van der Waals surface area contributed by atoms with Crippen LogP contribution in [0.5, 0.6) is 0 Å². The fourth-order valence-electron chi connectivity index (χ4n) is 2.14. The van der Waals surface area contributed by atoms with E-state index in [0.29, 0.717) is 12.2 Å². The van der Waals surface area contributed by atoms with Crippen molar-refractivity contribution in [3.8, 4) is 0 Å². The summed E-state index contributed by atoms with van der Waals surface area (Å²) in [6, 6.07) is 16.1. The van der Waals surface area contributed by atoms with Crippen molar-refractivity contribution in [3.05, 3.63) is 66.0 Å². The molecule has 2 rings (SSSR count). The number of anilines is 1. The Bertz CT molecular complexity index is 586. The molecule has 0 radical (unpaired) electrons. The fraction of sp³-hybridized carbons (Fsp3) is 0.235. The molecule has 110 valence electrons. The van der Waals surface area contributed by atoms with Gasteiger partial charge >= 0.3 is 0 Å². The van der Waals surface area contributed by atoms with Crippen LogP contribution in [0.2, 0.25) is 0 Å². The predicted molar refractivity (Wildman–Crippen MR) is 81.8 cm³/mol. The van der Waals surface area contributed by atoms with Gasteiger partial charge in [0.25, 0.3) is 5.91 Å². The van der Waals surface area contributed by atoms with Crippen molar-refractivity contribution in [2.24, 2.45) is 0 Å². The summed E-state index contributed by atoms with van der Waals surface area (Å²) in [5, 5.41) is 2.71. The molecule has 1 unspecified atom stereocenters.